The van der Waals surface area contributed by atoms with Gasteiger partial charge in [-0.15, -0.1) is 0 Å². The number of anilines is 2. The van der Waals surface area contributed by atoms with Gasteiger partial charge in [0, 0.05) is 29.6 Å². The molecule has 0 unspecified atom stereocenters. The van der Waals surface area contributed by atoms with E-state index in [-0.39, 0.29) is 22.8 Å². The minimum Gasteiger partial charge on any atom is -0.506 e. The van der Waals surface area contributed by atoms with E-state index >= 15 is 0 Å². The largest absolute Gasteiger partial charge is 0.506 e. The summed E-state index contributed by atoms with van der Waals surface area (Å²) in [5.41, 5.74) is 5.10. The second kappa shape index (κ2) is 8.19. The first-order chi connectivity index (χ1) is 15.4. The van der Waals surface area contributed by atoms with Gasteiger partial charge in [0.25, 0.3) is 5.91 Å². The summed E-state index contributed by atoms with van der Waals surface area (Å²) in [6, 6.07) is 14.3. The predicted octanol–water partition coefficient (Wildman–Crippen LogP) is 4.33. The number of amides is 1. The fraction of sp³-hybridized carbons (Fsp3) is 0.280. The van der Waals surface area contributed by atoms with Gasteiger partial charge in [-0.3, -0.25) is 14.5 Å². The quantitative estimate of drug-likeness (QED) is 0.559. The Balaban J connectivity index is 1.61. The van der Waals surface area contributed by atoms with Gasteiger partial charge in [-0.2, -0.15) is 0 Å². The van der Waals surface area contributed by atoms with Crippen molar-refractivity contribution in [2.75, 3.05) is 22.4 Å². The monoisotopic (exact) mass is 465 g/mol. The van der Waals surface area contributed by atoms with Crippen LogP contribution in [-0.4, -0.2) is 37.2 Å². The third kappa shape index (κ3) is 4.85. The topological polar surface area (TPSA) is 99.6 Å². The number of phenols is 1. The van der Waals surface area contributed by atoms with Crippen molar-refractivity contribution < 1.29 is 18.3 Å². The molecule has 1 aliphatic rings. The van der Waals surface area contributed by atoms with Crippen LogP contribution in [0.4, 0.5) is 11.4 Å². The summed E-state index contributed by atoms with van der Waals surface area (Å²) in [4.78, 5) is 19.4. The van der Waals surface area contributed by atoms with Crippen LogP contribution in [0.2, 0.25) is 0 Å². The zero-order chi connectivity index (χ0) is 24.0. The van der Waals surface area contributed by atoms with Gasteiger partial charge in [-0.25, -0.2) is 8.42 Å². The van der Waals surface area contributed by atoms with Gasteiger partial charge in [0.05, 0.1) is 17.6 Å². The number of rotatable bonds is 4. The Hall–Kier alpha value is -3.39. The molecule has 2 N–H and O–H groups in total. The van der Waals surface area contributed by atoms with E-state index in [1.54, 1.807) is 11.0 Å². The van der Waals surface area contributed by atoms with Crippen molar-refractivity contribution in [2.45, 2.75) is 32.6 Å². The van der Waals surface area contributed by atoms with E-state index < -0.39 is 10.0 Å². The highest BCUT2D eigenvalue weighted by Crippen LogP contribution is 2.33. The summed E-state index contributed by atoms with van der Waals surface area (Å²) in [5, 5.41) is 9.98. The number of pyridine rings is 1. The van der Waals surface area contributed by atoms with Crippen LogP contribution in [-0.2, 0) is 21.9 Å². The van der Waals surface area contributed by atoms with Crippen LogP contribution in [0, 0.1) is 0 Å². The highest BCUT2D eigenvalue weighted by Gasteiger charge is 2.26. The SMILES string of the molecule is CC(C)(C)c1ccc(-c2ccc3c(c2)CCN(c2ccc(O)c(NS(C)(=O)=O)c2)C3=O)nc1. The predicted molar refractivity (Wildman–Crippen MR) is 130 cm³/mol. The highest BCUT2D eigenvalue weighted by atomic mass is 32.2. The Morgan fingerprint density at radius 3 is 2.45 bits per heavy atom. The number of hydrogen-bond acceptors (Lipinski definition) is 5. The average Bonchev–Trinajstić information content (AvgIpc) is 2.74. The lowest BCUT2D eigenvalue weighted by atomic mass is 9.88. The van der Waals surface area contributed by atoms with Crippen LogP contribution in [0.1, 0.15) is 42.3 Å². The molecule has 0 aliphatic carbocycles. The Bertz CT molecular complexity index is 1330. The lowest BCUT2D eigenvalue weighted by molar-refractivity contribution is 0.0980. The van der Waals surface area contributed by atoms with Gasteiger partial charge < -0.3 is 10.0 Å². The fourth-order valence-corrected chi connectivity index (χ4v) is 4.44. The molecule has 1 aromatic heterocycles. The molecule has 0 atom stereocenters. The maximum Gasteiger partial charge on any atom is 0.258 e. The Labute approximate surface area is 194 Å². The van der Waals surface area contributed by atoms with Crippen molar-refractivity contribution in [1.29, 1.82) is 0 Å². The van der Waals surface area contributed by atoms with E-state index in [2.05, 4.69) is 36.5 Å². The average molecular weight is 466 g/mol. The van der Waals surface area contributed by atoms with Crippen LogP contribution in [0.25, 0.3) is 11.3 Å². The summed E-state index contributed by atoms with van der Waals surface area (Å²) in [5.74, 6) is -0.376. The molecule has 1 aliphatic heterocycles. The molecule has 1 amide bonds. The summed E-state index contributed by atoms with van der Waals surface area (Å²) in [6.07, 6.45) is 3.55. The number of nitrogens with one attached hydrogen (secondary N) is 1. The molecule has 0 saturated heterocycles. The number of nitrogens with zero attached hydrogens (tertiary/aromatic N) is 2. The van der Waals surface area contributed by atoms with Crippen molar-refractivity contribution in [3.8, 4) is 17.0 Å². The number of aromatic hydroxyl groups is 1. The molecule has 33 heavy (non-hydrogen) atoms. The standard InChI is InChI=1S/C25H27N3O4S/c1-25(2,3)18-6-9-21(26-15-18)17-5-8-20-16(13-17)11-12-28(24(20)30)19-7-10-23(29)22(14-19)27-33(4,31)32/h5-10,13-15,27,29H,11-12H2,1-4H3. The Kier molecular flexibility index (Phi) is 5.66. The summed E-state index contributed by atoms with van der Waals surface area (Å²) in [6.45, 7) is 6.88. The second-order valence-corrected chi connectivity index (χ2v) is 11.1. The van der Waals surface area contributed by atoms with Gasteiger partial charge in [0.15, 0.2) is 0 Å². The molecule has 2 aromatic carbocycles. The Morgan fingerprint density at radius 1 is 1.06 bits per heavy atom. The van der Waals surface area contributed by atoms with Crippen molar-refractivity contribution >= 4 is 27.3 Å². The minimum atomic E-state index is -3.57. The molecule has 0 bridgehead atoms. The van der Waals surface area contributed by atoms with Crippen molar-refractivity contribution in [1.82, 2.24) is 4.98 Å². The van der Waals surface area contributed by atoms with Crippen LogP contribution in [0.3, 0.4) is 0 Å². The highest BCUT2D eigenvalue weighted by molar-refractivity contribution is 7.92. The number of benzene rings is 2. The number of carbonyl (C=O) groups excluding carboxylic acids is 1. The first-order valence-corrected chi connectivity index (χ1v) is 12.5. The van der Waals surface area contributed by atoms with E-state index in [0.29, 0.717) is 24.2 Å². The van der Waals surface area contributed by atoms with E-state index in [1.165, 1.54) is 12.1 Å². The van der Waals surface area contributed by atoms with E-state index in [1.807, 2.05) is 30.5 Å². The van der Waals surface area contributed by atoms with Gasteiger partial charge >= 0.3 is 0 Å². The van der Waals surface area contributed by atoms with Crippen LogP contribution < -0.4 is 9.62 Å². The zero-order valence-corrected chi connectivity index (χ0v) is 19.9. The van der Waals surface area contributed by atoms with Crippen LogP contribution in [0.5, 0.6) is 5.75 Å². The maximum absolute atomic E-state index is 13.2. The third-order valence-corrected chi connectivity index (χ3v) is 6.29. The smallest absolute Gasteiger partial charge is 0.258 e. The normalized spacial score (nSPS) is 14.2. The lowest BCUT2D eigenvalue weighted by Gasteiger charge is -2.29. The number of hydrogen-bond donors (Lipinski definition) is 2. The first kappa shape index (κ1) is 22.8. The molecular formula is C25H27N3O4S. The van der Waals surface area contributed by atoms with Crippen molar-refractivity contribution in [3.63, 3.8) is 0 Å². The molecule has 3 aromatic rings. The second-order valence-electron chi connectivity index (χ2n) is 9.34. The molecule has 0 radical (unpaired) electrons. The summed E-state index contributed by atoms with van der Waals surface area (Å²) >= 11 is 0. The molecule has 172 valence electrons. The lowest BCUT2D eigenvalue weighted by Crippen LogP contribution is -2.37. The van der Waals surface area contributed by atoms with Gasteiger partial charge in [0.2, 0.25) is 10.0 Å². The van der Waals surface area contributed by atoms with Gasteiger partial charge in [0.1, 0.15) is 5.75 Å². The number of fused-ring (bicyclic) bond motifs is 1. The van der Waals surface area contributed by atoms with E-state index in [4.69, 9.17) is 0 Å². The molecule has 4 rings (SSSR count). The van der Waals surface area contributed by atoms with Crippen LogP contribution >= 0.6 is 0 Å². The molecular weight excluding hydrogens is 438 g/mol. The van der Waals surface area contributed by atoms with Crippen molar-refractivity contribution in [3.05, 3.63) is 71.4 Å². The van der Waals surface area contributed by atoms with Crippen molar-refractivity contribution in [2.24, 2.45) is 0 Å². The number of phenolic OH excluding ortho intramolecular Hbond substituents is 1. The molecule has 0 spiro atoms. The number of sulfonamides is 1. The van der Waals surface area contributed by atoms with Crippen LogP contribution in [0.15, 0.2) is 54.7 Å². The third-order valence-electron chi connectivity index (χ3n) is 5.70. The first-order valence-electron chi connectivity index (χ1n) is 10.6. The maximum atomic E-state index is 13.2. The van der Waals surface area contributed by atoms with Gasteiger partial charge in [-0.1, -0.05) is 32.9 Å². The van der Waals surface area contributed by atoms with E-state index in [0.717, 1.165) is 28.6 Å². The number of carbonyl (C=O) groups is 1. The van der Waals surface area contributed by atoms with E-state index in [9.17, 15) is 18.3 Å². The molecule has 0 saturated carbocycles. The number of aromatic nitrogens is 1. The molecule has 2 heterocycles. The summed E-state index contributed by atoms with van der Waals surface area (Å²) in [7, 11) is -3.57. The summed E-state index contributed by atoms with van der Waals surface area (Å²) < 4.78 is 25.4. The zero-order valence-electron chi connectivity index (χ0n) is 19.1. The fourth-order valence-electron chi connectivity index (χ4n) is 3.88. The Morgan fingerprint density at radius 2 is 1.82 bits per heavy atom. The van der Waals surface area contributed by atoms with Gasteiger partial charge in [-0.05, 0) is 59.4 Å². The minimum absolute atomic E-state index is 0.0299. The molecule has 7 nitrogen and oxygen atoms in total. The molecule has 0 fully saturated rings. The molecule has 8 heteroatoms.